The summed E-state index contributed by atoms with van der Waals surface area (Å²) in [6.07, 6.45) is 9.26. The Labute approximate surface area is 257 Å². The molecule has 4 aromatic rings. The van der Waals surface area contributed by atoms with E-state index in [1.807, 2.05) is 35.2 Å². The van der Waals surface area contributed by atoms with Crippen molar-refractivity contribution in [1.82, 2.24) is 19.4 Å². The van der Waals surface area contributed by atoms with Gasteiger partial charge in [0.05, 0.1) is 24.2 Å². The van der Waals surface area contributed by atoms with Crippen LogP contribution in [0.1, 0.15) is 92.5 Å². The standard InChI is InChI=1S/C37H48N4O2/c1-3-5-14-26-43-33-21-19-30(20-22-33)37(42)40(25-6-4-2)29-36-38-34-17-10-11-18-35(34)41(36)28-32-16-9-8-15-31(32)27-39-23-12-7-13-24-39/h8-11,15-22H,3-7,12-14,23-29H2,1-2H3. The van der Waals surface area contributed by atoms with E-state index in [0.717, 1.165) is 61.4 Å². The molecule has 43 heavy (non-hydrogen) atoms. The number of ether oxygens (including phenoxy) is 1. The Morgan fingerprint density at radius 1 is 0.814 bits per heavy atom. The number of nitrogens with zero attached hydrogens (tertiary/aromatic N) is 4. The lowest BCUT2D eigenvalue weighted by molar-refractivity contribution is 0.0735. The number of aromatic nitrogens is 2. The first kappa shape index (κ1) is 30.8. The Bertz CT molecular complexity index is 1440. The smallest absolute Gasteiger partial charge is 0.254 e. The molecule has 1 aliphatic rings. The Balaban J connectivity index is 1.38. The van der Waals surface area contributed by atoms with Crippen LogP contribution in [0.15, 0.2) is 72.8 Å². The van der Waals surface area contributed by atoms with Crippen LogP contribution in [-0.2, 0) is 19.6 Å². The molecular formula is C37H48N4O2. The Hall–Kier alpha value is -3.64. The van der Waals surface area contributed by atoms with Crippen molar-refractivity contribution in [2.45, 2.75) is 84.8 Å². The van der Waals surface area contributed by atoms with E-state index in [9.17, 15) is 4.79 Å². The van der Waals surface area contributed by atoms with E-state index in [-0.39, 0.29) is 5.91 Å². The number of piperidine rings is 1. The van der Waals surface area contributed by atoms with Crippen LogP contribution in [-0.4, -0.2) is 51.5 Å². The number of unbranched alkanes of at least 4 members (excludes halogenated alkanes) is 3. The molecule has 0 bridgehead atoms. The van der Waals surface area contributed by atoms with Gasteiger partial charge in [0.15, 0.2) is 0 Å². The monoisotopic (exact) mass is 580 g/mol. The van der Waals surface area contributed by atoms with E-state index in [0.29, 0.717) is 25.3 Å². The van der Waals surface area contributed by atoms with Crippen LogP contribution in [0.25, 0.3) is 11.0 Å². The molecule has 228 valence electrons. The first-order valence-electron chi connectivity index (χ1n) is 16.4. The quantitative estimate of drug-likeness (QED) is 0.133. The molecule has 1 fully saturated rings. The molecule has 1 amide bonds. The van der Waals surface area contributed by atoms with Crippen molar-refractivity contribution >= 4 is 16.9 Å². The average molecular weight is 581 g/mol. The highest BCUT2D eigenvalue weighted by molar-refractivity contribution is 5.94. The Morgan fingerprint density at radius 2 is 1.51 bits per heavy atom. The van der Waals surface area contributed by atoms with Gasteiger partial charge in [0.25, 0.3) is 5.91 Å². The largest absolute Gasteiger partial charge is 0.494 e. The number of hydrogen-bond acceptors (Lipinski definition) is 4. The topological polar surface area (TPSA) is 50.6 Å². The summed E-state index contributed by atoms with van der Waals surface area (Å²) in [7, 11) is 0. The molecule has 1 saturated heterocycles. The highest BCUT2D eigenvalue weighted by atomic mass is 16.5. The normalized spacial score (nSPS) is 13.8. The van der Waals surface area contributed by atoms with Gasteiger partial charge in [0.2, 0.25) is 0 Å². The molecule has 6 nitrogen and oxygen atoms in total. The molecule has 0 N–H and O–H groups in total. The van der Waals surface area contributed by atoms with Gasteiger partial charge in [-0.15, -0.1) is 0 Å². The highest BCUT2D eigenvalue weighted by Gasteiger charge is 2.21. The predicted molar refractivity (Wildman–Crippen MR) is 176 cm³/mol. The molecule has 0 unspecified atom stereocenters. The molecular weight excluding hydrogens is 532 g/mol. The maximum Gasteiger partial charge on any atom is 0.254 e. The van der Waals surface area contributed by atoms with Gasteiger partial charge in [-0.05, 0) is 86.3 Å². The van der Waals surface area contributed by atoms with E-state index in [1.54, 1.807) is 0 Å². The summed E-state index contributed by atoms with van der Waals surface area (Å²) in [5.41, 5.74) is 5.46. The van der Waals surface area contributed by atoms with E-state index in [1.165, 1.54) is 49.9 Å². The van der Waals surface area contributed by atoms with E-state index in [4.69, 9.17) is 9.72 Å². The van der Waals surface area contributed by atoms with Gasteiger partial charge >= 0.3 is 0 Å². The molecule has 0 saturated carbocycles. The van der Waals surface area contributed by atoms with Crippen molar-refractivity contribution in [2.24, 2.45) is 0 Å². The maximum atomic E-state index is 13.9. The van der Waals surface area contributed by atoms with Crippen LogP contribution >= 0.6 is 0 Å². The fourth-order valence-corrected chi connectivity index (χ4v) is 6.01. The summed E-state index contributed by atoms with van der Waals surface area (Å²) in [5.74, 6) is 1.78. The van der Waals surface area contributed by atoms with Crippen molar-refractivity contribution < 1.29 is 9.53 Å². The molecule has 0 aliphatic carbocycles. The SMILES string of the molecule is CCCCCOc1ccc(C(=O)N(CCCC)Cc2nc3ccccc3n2Cc2ccccc2CN2CCCCC2)cc1. The number of imidazole rings is 1. The lowest BCUT2D eigenvalue weighted by Gasteiger charge is -2.27. The highest BCUT2D eigenvalue weighted by Crippen LogP contribution is 2.24. The number of carbonyl (C=O) groups excluding carboxylic acids is 1. The van der Waals surface area contributed by atoms with Crippen molar-refractivity contribution in [3.63, 3.8) is 0 Å². The molecule has 1 aromatic heterocycles. The van der Waals surface area contributed by atoms with E-state index in [2.05, 4.69) is 65.8 Å². The first-order valence-corrected chi connectivity index (χ1v) is 16.4. The lowest BCUT2D eigenvalue weighted by Crippen LogP contribution is -2.33. The second-order valence-electron chi connectivity index (χ2n) is 11.9. The first-order chi connectivity index (χ1) is 21.2. The summed E-state index contributed by atoms with van der Waals surface area (Å²) in [6, 6.07) is 24.8. The molecule has 3 aromatic carbocycles. The van der Waals surface area contributed by atoms with Crippen molar-refractivity contribution in [3.8, 4) is 5.75 Å². The summed E-state index contributed by atoms with van der Waals surface area (Å²) in [4.78, 5) is 23.5. The number of benzene rings is 3. The zero-order chi connectivity index (χ0) is 29.9. The summed E-state index contributed by atoms with van der Waals surface area (Å²) in [6.45, 7) is 10.3. The predicted octanol–water partition coefficient (Wildman–Crippen LogP) is 8.08. The molecule has 0 atom stereocenters. The van der Waals surface area contributed by atoms with Crippen LogP contribution < -0.4 is 4.74 Å². The van der Waals surface area contributed by atoms with Crippen LogP contribution in [0.4, 0.5) is 0 Å². The van der Waals surface area contributed by atoms with Crippen LogP contribution in [0.3, 0.4) is 0 Å². The number of amides is 1. The zero-order valence-electron chi connectivity index (χ0n) is 26.1. The lowest BCUT2D eigenvalue weighted by atomic mass is 10.0. The number of rotatable bonds is 15. The van der Waals surface area contributed by atoms with E-state index < -0.39 is 0 Å². The minimum absolute atomic E-state index is 0.0371. The maximum absolute atomic E-state index is 13.9. The molecule has 2 heterocycles. The fraction of sp³-hybridized carbons (Fsp3) is 0.459. The van der Waals surface area contributed by atoms with Crippen LogP contribution in [0.2, 0.25) is 0 Å². The number of fused-ring (bicyclic) bond motifs is 1. The van der Waals surface area contributed by atoms with Crippen molar-refractivity contribution in [2.75, 3.05) is 26.2 Å². The number of carbonyl (C=O) groups is 1. The third-order valence-corrected chi connectivity index (χ3v) is 8.54. The number of likely N-dealkylation sites (tertiary alicyclic amines) is 1. The second kappa shape index (κ2) is 15.7. The Kier molecular flexibility index (Phi) is 11.3. The van der Waals surface area contributed by atoms with Gasteiger partial charge in [0, 0.05) is 25.2 Å². The summed E-state index contributed by atoms with van der Waals surface area (Å²) in [5, 5.41) is 0. The molecule has 0 spiro atoms. The minimum Gasteiger partial charge on any atom is -0.494 e. The average Bonchev–Trinajstić information content (AvgIpc) is 3.39. The minimum atomic E-state index is 0.0371. The summed E-state index contributed by atoms with van der Waals surface area (Å²) >= 11 is 0. The van der Waals surface area contributed by atoms with Crippen molar-refractivity contribution in [1.29, 1.82) is 0 Å². The molecule has 6 heteroatoms. The van der Waals surface area contributed by atoms with Gasteiger partial charge in [-0.3, -0.25) is 9.69 Å². The number of para-hydroxylation sites is 2. The fourth-order valence-electron chi connectivity index (χ4n) is 6.01. The Morgan fingerprint density at radius 3 is 2.26 bits per heavy atom. The second-order valence-corrected chi connectivity index (χ2v) is 11.9. The van der Waals surface area contributed by atoms with Gasteiger partial charge in [0.1, 0.15) is 11.6 Å². The number of hydrogen-bond donors (Lipinski definition) is 0. The van der Waals surface area contributed by atoms with Crippen LogP contribution in [0, 0.1) is 0 Å². The van der Waals surface area contributed by atoms with Gasteiger partial charge in [-0.1, -0.05) is 75.9 Å². The van der Waals surface area contributed by atoms with Crippen LogP contribution in [0.5, 0.6) is 5.75 Å². The third-order valence-electron chi connectivity index (χ3n) is 8.54. The van der Waals surface area contributed by atoms with Crippen molar-refractivity contribution in [3.05, 3.63) is 95.3 Å². The van der Waals surface area contributed by atoms with E-state index >= 15 is 0 Å². The van der Waals surface area contributed by atoms with Gasteiger partial charge < -0.3 is 14.2 Å². The van der Waals surface area contributed by atoms with Gasteiger partial charge in [-0.25, -0.2) is 4.98 Å². The molecule has 5 rings (SSSR count). The molecule has 0 radical (unpaired) electrons. The molecule has 1 aliphatic heterocycles. The summed E-state index contributed by atoms with van der Waals surface area (Å²) < 4.78 is 8.21. The third kappa shape index (κ3) is 8.26. The zero-order valence-corrected chi connectivity index (χ0v) is 26.1. The van der Waals surface area contributed by atoms with Gasteiger partial charge in [-0.2, -0.15) is 0 Å².